The first-order valence-corrected chi connectivity index (χ1v) is 7.16. The van der Waals surface area contributed by atoms with Crippen molar-refractivity contribution in [2.75, 3.05) is 13.1 Å². The lowest BCUT2D eigenvalue weighted by atomic mass is 9.85. The number of likely N-dealkylation sites (tertiary alicyclic amines) is 1. The van der Waals surface area contributed by atoms with E-state index in [1.54, 1.807) is 11.3 Å². The number of rotatable bonds is 3. The topological polar surface area (TPSA) is 29.3 Å². The summed E-state index contributed by atoms with van der Waals surface area (Å²) >= 11 is 1.79. The molecule has 16 heavy (non-hydrogen) atoms. The van der Waals surface area contributed by atoms with Gasteiger partial charge in [-0.15, -0.1) is 0 Å². The zero-order chi connectivity index (χ0) is 11.5. The minimum Gasteiger partial charge on any atom is -0.330 e. The van der Waals surface area contributed by atoms with E-state index < -0.39 is 0 Å². The van der Waals surface area contributed by atoms with E-state index in [1.807, 2.05) is 0 Å². The van der Waals surface area contributed by atoms with Crippen LogP contribution in [0.3, 0.4) is 0 Å². The van der Waals surface area contributed by atoms with Crippen molar-refractivity contribution < 1.29 is 0 Å². The standard InChI is InChI=1S/C13H22N2S/c1-10(2)15-6-3-4-11(8-14)13(15)12-5-7-16-9-12/h5,7,9-11,13H,3-4,6,8,14H2,1-2H3. The Morgan fingerprint density at radius 1 is 1.56 bits per heavy atom. The second-order valence-corrected chi connectivity index (χ2v) is 5.75. The maximum absolute atomic E-state index is 5.94. The molecule has 1 aromatic rings. The molecule has 1 aliphatic rings. The Bertz CT molecular complexity index is 308. The summed E-state index contributed by atoms with van der Waals surface area (Å²) in [7, 11) is 0. The van der Waals surface area contributed by atoms with Crippen LogP contribution >= 0.6 is 11.3 Å². The molecule has 0 amide bonds. The molecule has 0 aliphatic carbocycles. The molecule has 2 nitrogen and oxygen atoms in total. The highest BCUT2D eigenvalue weighted by Crippen LogP contribution is 2.37. The van der Waals surface area contributed by atoms with Gasteiger partial charge in [-0.1, -0.05) is 0 Å². The van der Waals surface area contributed by atoms with Crippen LogP contribution in [0.1, 0.15) is 38.3 Å². The average Bonchev–Trinajstić information content (AvgIpc) is 2.81. The third-order valence-electron chi connectivity index (χ3n) is 3.65. The lowest BCUT2D eigenvalue weighted by molar-refractivity contribution is 0.0668. The molecule has 0 aromatic carbocycles. The normalized spacial score (nSPS) is 27.5. The van der Waals surface area contributed by atoms with Gasteiger partial charge < -0.3 is 5.73 Å². The molecule has 2 rings (SSSR count). The van der Waals surface area contributed by atoms with Gasteiger partial charge in [0.05, 0.1) is 0 Å². The molecule has 0 saturated carbocycles. The van der Waals surface area contributed by atoms with E-state index in [4.69, 9.17) is 5.73 Å². The zero-order valence-electron chi connectivity index (χ0n) is 10.2. The number of nitrogens with zero attached hydrogens (tertiary/aromatic N) is 1. The van der Waals surface area contributed by atoms with Crippen molar-refractivity contribution in [1.82, 2.24) is 4.90 Å². The molecular weight excluding hydrogens is 216 g/mol. The molecule has 2 heterocycles. The molecule has 1 aliphatic heterocycles. The van der Waals surface area contributed by atoms with Gasteiger partial charge >= 0.3 is 0 Å². The van der Waals surface area contributed by atoms with Crippen LogP contribution in [0.4, 0.5) is 0 Å². The number of hydrogen-bond acceptors (Lipinski definition) is 3. The van der Waals surface area contributed by atoms with Crippen molar-refractivity contribution in [3.63, 3.8) is 0 Å². The highest BCUT2D eigenvalue weighted by molar-refractivity contribution is 7.07. The first-order valence-electron chi connectivity index (χ1n) is 6.22. The van der Waals surface area contributed by atoms with Crippen LogP contribution in [0.2, 0.25) is 0 Å². The van der Waals surface area contributed by atoms with E-state index in [-0.39, 0.29) is 0 Å². The molecule has 0 bridgehead atoms. The lowest BCUT2D eigenvalue weighted by Crippen LogP contribution is -2.44. The van der Waals surface area contributed by atoms with Gasteiger partial charge in [0.1, 0.15) is 0 Å². The molecule has 1 aromatic heterocycles. The minimum absolute atomic E-state index is 0.546. The Labute approximate surface area is 102 Å². The van der Waals surface area contributed by atoms with Gasteiger partial charge in [-0.3, -0.25) is 4.90 Å². The third kappa shape index (κ3) is 2.31. The van der Waals surface area contributed by atoms with Crippen LogP contribution < -0.4 is 5.73 Å². The van der Waals surface area contributed by atoms with E-state index in [2.05, 4.69) is 35.6 Å². The second-order valence-electron chi connectivity index (χ2n) is 4.97. The minimum atomic E-state index is 0.546. The fourth-order valence-corrected chi connectivity index (χ4v) is 3.53. The number of thiophene rings is 1. The van der Waals surface area contributed by atoms with Crippen LogP contribution in [0.25, 0.3) is 0 Å². The van der Waals surface area contributed by atoms with Gasteiger partial charge in [-0.25, -0.2) is 0 Å². The summed E-state index contributed by atoms with van der Waals surface area (Å²) in [6.45, 7) is 6.61. The van der Waals surface area contributed by atoms with Gasteiger partial charge in [0.2, 0.25) is 0 Å². The Balaban J connectivity index is 2.24. The smallest absolute Gasteiger partial charge is 0.0399 e. The quantitative estimate of drug-likeness (QED) is 0.877. The molecular formula is C13H22N2S. The van der Waals surface area contributed by atoms with E-state index in [1.165, 1.54) is 24.9 Å². The fraction of sp³-hybridized carbons (Fsp3) is 0.692. The maximum atomic E-state index is 5.94. The summed E-state index contributed by atoms with van der Waals surface area (Å²) in [5.41, 5.74) is 7.41. The lowest BCUT2D eigenvalue weighted by Gasteiger charge is -2.43. The van der Waals surface area contributed by atoms with E-state index >= 15 is 0 Å². The van der Waals surface area contributed by atoms with E-state index in [0.29, 0.717) is 18.0 Å². The average molecular weight is 238 g/mol. The fourth-order valence-electron chi connectivity index (χ4n) is 2.84. The van der Waals surface area contributed by atoms with Crippen molar-refractivity contribution in [3.05, 3.63) is 22.4 Å². The van der Waals surface area contributed by atoms with E-state index in [9.17, 15) is 0 Å². The predicted molar refractivity (Wildman–Crippen MR) is 70.7 cm³/mol. The first-order chi connectivity index (χ1) is 7.74. The van der Waals surface area contributed by atoms with Crippen molar-refractivity contribution in [1.29, 1.82) is 0 Å². The van der Waals surface area contributed by atoms with Crippen LogP contribution in [0, 0.1) is 5.92 Å². The molecule has 0 radical (unpaired) electrons. The van der Waals surface area contributed by atoms with Gasteiger partial charge in [-0.2, -0.15) is 11.3 Å². The SMILES string of the molecule is CC(C)N1CCCC(CN)C1c1ccsc1. The summed E-state index contributed by atoms with van der Waals surface area (Å²) in [5, 5.41) is 4.46. The Morgan fingerprint density at radius 2 is 2.38 bits per heavy atom. The Hall–Kier alpha value is -0.380. The summed E-state index contributed by atoms with van der Waals surface area (Å²) in [5.74, 6) is 0.630. The van der Waals surface area contributed by atoms with Crippen LogP contribution in [0.15, 0.2) is 16.8 Å². The molecule has 1 saturated heterocycles. The summed E-state index contributed by atoms with van der Waals surface area (Å²) in [6, 6.07) is 3.42. The largest absolute Gasteiger partial charge is 0.330 e. The first kappa shape index (κ1) is 12.1. The molecule has 0 spiro atoms. The summed E-state index contributed by atoms with van der Waals surface area (Å²) in [4.78, 5) is 2.61. The highest BCUT2D eigenvalue weighted by Gasteiger charge is 2.33. The Kier molecular flexibility index (Phi) is 4.00. The number of hydrogen-bond donors (Lipinski definition) is 1. The third-order valence-corrected chi connectivity index (χ3v) is 4.35. The summed E-state index contributed by atoms with van der Waals surface area (Å²) < 4.78 is 0. The second kappa shape index (κ2) is 5.30. The number of piperidine rings is 1. The van der Waals surface area contributed by atoms with Gasteiger partial charge in [0, 0.05) is 12.1 Å². The monoisotopic (exact) mass is 238 g/mol. The maximum Gasteiger partial charge on any atom is 0.0399 e. The molecule has 2 unspecified atom stereocenters. The van der Waals surface area contributed by atoms with Crippen molar-refractivity contribution in [3.8, 4) is 0 Å². The van der Waals surface area contributed by atoms with Crippen LogP contribution in [-0.4, -0.2) is 24.0 Å². The van der Waals surface area contributed by atoms with Gasteiger partial charge in [-0.05, 0) is 68.1 Å². The predicted octanol–water partition coefficient (Wildman–Crippen LogP) is 2.87. The van der Waals surface area contributed by atoms with E-state index in [0.717, 1.165) is 6.54 Å². The molecule has 90 valence electrons. The van der Waals surface area contributed by atoms with Crippen molar-refractivity contribution in [2.45, 2.75) is 38.8 Å². The highest BCUT2D eigenvalue weighted by atomic mass is 32.1. The van der Waals surface area contributed by atoms with Crippen LogP contribution in [-0.2, 0) is 0 Å². The van der Waals surface area contributed by atoms with Gasteiger partial charge in [0.25, 0.3) is 0 Å². The Morgan fingerprint density at radius 3 is 2.94 bits per heavy atom. The zero-order valence-corrected chi connectivity index (χ0v) is 11.0. The van der Waals surface area contributed by atoms with Crippen molar-refractivity contribution >= 4 is 11.3 Å². The van der Waals surface area contributed by atoms with Gasteiger partial charge in [0.15, 0.2) is 0 Å². The molecule has 3 heteroatoms. The molecule has 2 atom stereocenters. The number of nitrogens with two attached hydrogens (primary N) is 1. The van der Waals surface area contributed by atoms with Crippen LogP contribution in [0.5, 0.6) is 0 Å². The molecule has 1 fully saturated rings. The summed E-state index contributed by atoms with van der Waals surface area (Å²) in [6.07, 6.45) is 2.57. The van der Waals surface area contributed by atoms with Crippen molar-refractivity contribution in [2.24, 2.45) is 11.7 Å². The molecule has 2 N–H and O–H groups in total.